The van der Waals surface area contributed by atoms with E-state index in [9.17, 15) is 31.1 Å². The summed E-state index contributed by atoms with van der Waals surface area (Å²) < 4.78 is 76.9. The van der Waals surface area contributed by atoms with Gasteiger partial charge < -0.3 is 9.80 Å². The average Bonchev–Trinajstić information content (AvgIpc) is 2.60. The molecule has 152 valence electrons. The smallest absolute Gasteiger partial charge is 0.355 e. The van der Waals surface area contributed by atoms with Crippen LogP contribution in [0.4, 0.5) is 32.2 Å². The van der Waals surface area contributed by atoms with E-state index in [1.807, 2.05) is 0 Å². The highest BCUT2D eigenvalue weighted by Gasteiger charge is 2.38. The third-order valence-electron chi connectivity index (χ3n) is 4.52. The van der Waals surface area contributed by atoms with Gasteiger partial charge in [-0.3, -0.25) is 4.79 Å². The molecular formula is C17H21F6N3O. The number of rotatable bonds is 5. The van der Waals surface area contributed by atoms with Crippen LogP contribution in [0.25, 0.3) is 0 Å². The second-order valence-corrected chi connectivity index (χ2v) is 6.44. The average molecular weight is 397 g/mol. The fourth-order valence-corrected chi connectivity index (χ4v) is 3.19. The molecule has 1 aliphatic rings. The normalized spacial score (nSPS) is 18.5. The lowest BCUT2D eigenvalue weighted by atomic mass is 9.96. The molecule has 2 rings (SSSR count). The Kier molecular flexibility index (Phi) is 6.59. The van der Waals surface area contributed by atoms with E-state index in [2.05, 4.69) is 4.98 Å². The van der Waals surface area contributed by atoms with E-state index in [1.165, 1.54) is 17.2 Å². The standard InChI is InChI=1S/C17H21F6N3O/c1-2-25(10-7-16(18,19)20)15(27)12-5-4-9-26(11-12)14-13(17(21,22)23)6-3-8-24-14/h3,6,8,12H,2,4-5,7,9-11H2,1H3. The molecular weight excluding hydrogens is 376 g/mol. The van der Waals surface area contributed by atoms with Crippen molar-refractivity contribution >= 4 is 11.7 Å². The summed E-state index contributed by atoms with van der Waals surface area (Å²) in [7, 11) is 0. The fraction of sp³-hybridized carbons (Fsp3) is 0.647. The summed E-state index contributed by atoms with van der Waals surface area (Å²) in [6.07, 6.45) is -7.93. The molecule has 0 N–H and O–H groups in total. The Balaban J connectivity index is 2.13. The van der Waals surface area contributed by atoms with Gasteiger partial charge in [-0.05, 0) is 31.9 Å². The number of anilines is 1. The van der Waals surface area contributed by atoms with Crippen molar-refractivity contribution < 1.29 is 31.1 Å². The molecule has 1 fully saturated rings. The van der Waals surface area contributed by atoms with Gasteiger partial charge in [0.25, 0.3) is 0 Å². The highest BCUT2D eigenvalue weighted by atomic mass is 19.4. The van der Waals surface area contributed by atoms with E-state index in [0.717, 1.165) is 11.0 Å². The number of alkyl halides is 6. The Morgan fingerprint density at radius 1 is 1.30 bits per heavy atom. The fourth-order valence-electron chi connectivity index (χ4n) is 3.19. The van der Waals surface area contributed by atoms with Crippen LogP contribution in [0.15, 0.2) is 18.3 Å². The van der Waals surface area contributed by atoms with Crippen molar-refractivity contribution in [3.8, 4) is 0 Å². The van der Waals surface area contributed by atoms with Crippen LogP contribution in [-0.2, 0) is 11.0 Å². The molecule has 1 aromatic heterocycles. The highest BCUT2D eigenvalue weighted by molar-refractivity contribution is 5.79. The molecule has 0 bridgehead atoms. The van der Waals surface area contributed by atoms with Crippen LogP contribution in [0.1, 0.15) is 31.7 Å². The van der Waals surface area contributed by atoms with Crippen LogP contribution in [0.2, 0.25) is 0 Å². The summed E-state index contributed by atoms with van der Waals surface area (Å²) in [5.41, 5.74) is -0.887. The second-order valence-electron chi connectivity index (χ2n) is 6.44. The predicted octanol–water partition coefficient (Wildman–Crippen LogP) is 4.12. The number of piperidine rings is 1. The molecule has 1 atom stereocenters. The number of aromatic nitrogens is 1. The Labute approximate surface area is 153 Å². The number of carbonyl (C=O) groups excluding carboxylic acids is 1. The first kappa shape index (κ1) is 21.3. The van der Waals surface area contributed by atoms with Gasteiger partial charge in [-0.25, -0.2) is 4.98 Å². The number of pyridine rings is 1. The summed E-state index contributed by atoms with van der Waals surface area (Å²) in [6.45, 7) is 1.55. The first-order chi connectivity index (χ1) is 12.5. The van der Waals surface area contributed by atoms with Crippen molar-refractivity contribution in [1.82, 2.24) is 9.88 Å². The van der Waals surface area contributed by atoms with Crippen molar-refractivity contribution in [3.63, 3.8) is 0 Å². The van der Waals surface area contributed by atoms with E-state index >= 15 is 0 Å². The van der Waals surface area contributed by atoms with Gasteiger partial charge in [-0.15, -0.1) is 0 Å². The molecule has 10 heteroatoms. The van der Waals surface area contributed by atoms with Crippen LogP contribution in [0.3, 0.4) is 0 Å². The second kappa shape index (κ2) is 8.35. The summed E-state index contributed by atoms with van der Waals surface area (Å²) in [4.78, 5) is 18.9. The van der Waals surface area contributed by atoms with E-state index in [-0.39, 0.29) is 18.9 Å². The number of nitrogens with zero attached hydrogens (tertiary/aromatic N) is 3. The molecule has 0 aliphatic carbocycles. The van der Waals surface area contributed by atoms with Gasteiger partial charge >= 0.3 is 12.4 Å². The summed E-state index contributed by atoms with van der Waals surface area (Å²) in [6, 6.07) is 2.12. The molecule has 1 aromatic rings. The molecule has 0 saturated carbocycles. The van der Waals surface area contributed by atoms with E-state index in [0.29, 0.717) is 19.4 Å². The zero-order valence-corrected chi connectivity index (χ0v) is 14.8. The van der Waals surface area contributed by atoms with Crippen LogP contribution in [0, 0.1) is 5.92 Å². The zero-order valence-electron chi connectivity index (χ0n) is 14.8. The molecule has 27 heavy (non-hydrogen) atoms. The Morgan fingerprint density at radius 2 is 2.00 bits per heavy atom. The van der Waals surface area contributed by atoms with Crippen LogP contribution < -0.4 is 4.90 Å². The van der Waals surface area contributed by atoms with Gasteiger partial charge in [0.05, 0.1) is 17.9 Å². The summed E-state index contributed by atoms with van der Waals surface area (Å²) >= 11 is 0. The number of hydrogen-bond donors (Lipinski definition) is 0. The molecule has 2 heterocycles. The number of halogens is 6. The predicted molar refractivity (Wildman–Crippen MR) is 87.1 cm³/mol. The number of carbonyl (C=O) groups is 1. The maximum Gasteiger partial charge on any atom is 0.419 e. The van der Waals surface area contributed by atoms with Crippen molar-refractivity contribution in [2.45, 2.75) is 38.5 Å². The Morgan fingerprint density at radius 3 is 2.59 bits per heavy atom. The minimum atomic E-state index is -4.58. The monoisotopic (exact) mass is 397 g/mol. The first-order valence-corrected chi connectivity index (χ1v) is 8.65. The molecule has 1 aliphatic heterocycles. The summed E-state index contributed by atoms with van der Waals surface area (Å²) in [5.74, 6) is -1.37. The first-order valence-electron chi connectivity index (χ1n) is 8.65. The molecule has 1 saturated heterocycles. The van der Waals surface area contributed by atoms with Gasteiger partial charge in [-0.2, -0.15) is 26.3 Å². The van der Waals surface area contributed by atoms with Gasteiger partial charge in [0.1, 0.15) is 5.82 Å². The molecule has 4 nitrogen and oxygen atoms in total. The lowest BCUT2D eigenvalue weighted by Gasteiger charge is -2.36. The number of amides is 1. The Hall–Kier alpha value is -2.00. The zero-order chi connectivity index (χ0) is 20.2. The van der Waals surface area contributed by atoms with Gasteiger partial charge in [0, 0.05) is 32.4 Å². The van der Waals surface area contributed by atoms with Gasteiger partial charge in [0.2, 0.25) is 5.91 Å². The van der Waals surface area contributed by atoms with Crippen molar-refractivity contribution in [2.24, 2.45) is 5.92 Å². The van der Waals surface area contributed by atoms with E-state index < -0.39 is 42.7 Å². The number of hydrogen-bond acceptors (Lipinski definition) is 3. The minimum Gasteiger partial charge on any atom is -0.355 e. The lowest BCUT2D eigenvalue weighted by Crippen LogP contribution is -2.46. The van der Waals surface area contributed by atoms with Crippen LogP contribution in [0.5, 0.6) is 0 Å². The molecule has 1 unspecified atom stereocenters. The third-order valence-corrected chi connectivity index (χ3v) is 4.52. The maximum atomic E-state index is 13.2. The quantitative estimate of drug-likeness (QED) is 0.702. The third kappa shape index (κ3) is 5.74. The molecule has 0 spiro atoms. The van der Waals surface area contributed by atoms with E-state index in [1.54, 1.807) is 6.92 Å². The van der Waals surface area contributed by atoms with Crippen LogP contribution in [-0.4, -0.2) is 48.1 Å². The van der Waals surface area contributed by atoms with Crippen LogP contribution >= 0.6 is 0 Å². The van der Waals surface area contributed by atoms with Crippen molar-refractivity contribution in [3.05, 3.63) is 23.9 Å². The molecule has 0 aromatic carbocycles. The van der Waals surface area contributed by atoms with Crippen molar-refractivity contribution in [2.75, 3.05) is 31.1 Å². The molecule has 0 radical (unpaired) electrons. The maximum absolute atomic E-state index is 13.2. The van der Waals surface area contributed by atoms with E-state index in [4.69, 9.17) is 0 Å². The molecule has 1 amide bonds. The largest absolute Gasteiger partial charge is 0.419 e. The highest BCUT2D eigenvalue weighted by Crippen LogP contribution is 2.36. The van der Waals surface area contributed by atoms with Gasteiger partial charge in [0.15, 0.2) is 0 Å². The topological polar surface area (TPSA) is 36.4 Å². The van der Waals surface area contributed by atoms with Gasteiger partial charge in [-0.1, -0.05) is 0 Å². The SMILES string of the molecule is CCN(CCC(F)(F)F)C(=O)C1CCCN(c2ncccc2C(F)(F)F)C1. The van der Waals surface area contributed by atoms with Crippen molar-refractivity contribution in [1.29, 1.82) is 0 Å². The minimum absolute atomic E-state index is 0.00143. The Bertz CT molecular complexity index is 646. The lowest BCUT2D eigenvalue weighted by molar-refractivity contribution is -0.147. The summed E-state index contributed by atoms with van der Waals surface area (Å²) in [5, 5.41) is 0.